The van der Waals surface area contributed by atoms with Gasteiger partial charge in [-0.05, 0) is 48.7 Å². The largest absolute Gasteiger partial charge is 0.381 e. The van der Waals surface area contributed by atoms with Gasteiger partial charge in [0, 0.05) is 48.7 Å². The molecule has 2 aromatic carbocycles. The maximum absolute atomic E-state index is 12.4. The molecule has 0 radical (unpaired) electrons. The molecule has 0 atom stereocenters. The van der Waals surface area contributed by atoms with E-state index in [1.165, 1.54) is 5.69 Å². The van der Waals surface area contributed by atoms with E-state index in [-0.39, 0.29) is 5.91 Å². The number of hydrogen-bond donors (Lipinski definition) is 2. The fraction of sp³-hybridized carbons (Fsp3) is 0.318. The van der Waals surface area contributed by atoms with E-state index in [0.29, 0.717) is 12.5 Å². The van der Waals surface area contributed by atoms with Crippen LogP contribution in [0.25, 0.3) is 10.9 Å². The van der Waals surface area contributed by atoms with Gasteiger partial charge < -0.3 is 19.9 Å². The molecule has 1 saturated heterocycles. The minimum atomic E-state index is -0.00610. The minimum absolute atomic E-state index is 0.00610. The predicted molar refractivity (Wildman–Crippen MR) is 109 cm³/mol. The van der Waals surface area contributed by atoms with E-state index >= 15 is 0 Å². The Kier molecular flexibility index (Phi) is 5.12. The van der Waals surface area contributed by atoms with Gasteiger partial charge >= 0.3 is 0 Å². The quantitative estimate of drug-likeness (QED) is 0.721. The lowest BCUT2D eigenvalue weighted by molar-refractivity contribution is -0.115. The van der Waals surface area contributed by atoms with Crippen molar-refractivity contribution in [1.29, 1.82) is 0 Å². The summed E-state index contributed by atoms with van der Waals surface area (Å²) in [5.74, 6) is -0.00610. The highest BCUT2D eigenvalue weighted by Crippen LogP contribution is 2.23. The third-order valence-corrected chi connectivity index (χ3v) is 5.32. The number of aromatic amines is 1. The van der Waals surface area contributed by atoms with Crippen LogP contribution >= 0.6 is 0 Å². The lowest BCUT2D eigenvalue weighted by Gasteiger charge is -2.33. The van der Waals surface area contributed by atoms with Crippen molar-refractivity contribution in [2.75, 3.05) is 30.4 Å². The lowest BCUT2D eigenvalue weighted by atomic mass is 10.1. The van der Waals surface area contributed by atoms with Crippen LogP contribution in [0.2, 0.25) is 0 Å². The maximum Gasteiger partial charge on any atom is 0.228 e. The number of rotatable bonds is 5. The number of nitrogens with one attached hydrogen (secondary N) is 2. The molecule has 5 heteroatoms. The third-order valence-electron chi connectivity index (χ3n) is 5.32. The zero-order chi connectivity index (χ0) is 18.6. The second-order valence-corrected chi connectivity index (χ2v) is 7.05. The topological polar surface area (TPSA) is 57.4 Å². The second kappa shape index (κ2) is 7.84. The molecular weight excluding hydrogens is 338 g/mol. The average molecular weight is 363 g/mol. The molecular formula is C22H25N3O2. The summed E-state index contributed by atoms with van der Waals surface area (Å²) in [6.07, 6.45) is 4.76. The summed E-state index contributed by atoms with van der Waals surface area (Å²) in [6, 6.07) is 16.1. The average Bonchev–Trinajstić information content (AvgIpc) is 3.11. The van der Waals surface area contributed by atoms with Gasteiger partial charge in [0.25, 0.3) is 0 Å². The third kappa shape index (κ3) is 3.98. The molecule has 1 fully saturated rings. The molecule has 1 aromatic heterocycles. The van der Waals surface area contributed by atoms with E-state index in [1.807, 2.05) is 42.6 Å². The Hall–Kier alpha value is -2.79. The van der Waals surface area contributed by atoms with Gasteiger partial charge in [0.15, 0.2) is 0 Å². The maximum atomic E-state index is 12.4. The van der Waals surface area contributed by atoms with Gasteiger partial charge in [-0.2, -0.15) is 0 Å². The van der Waals surface area contributed by atoms with Crippen LogP contribution < -0.4 is 10.2 Å². The van der Waals surface area contributed by atoms with Gasteiger partial charge in [0.05, 0.1) is 12.5 Å². The Morgan fingerprint density at radius 1 is 1.15 bits per heavy atom. The van der Waals surface area contributed by atoms with Crippen molar-refractivity contribution in [1.82, 2.24) is 4.98 Å². The molecule has 1 aliphatic rings. The van der Waals surface area contributed by atoms with Gasteiger partial charge in [-0.15, -0.1) is 0 Å². The van der Waals surface area contributed by atoms with Crippen LogP contribution in [0.15, 0.2) is 54.7 Å². The van der Waals surface area contributed by atoms with Gasteiger partial charge in [-0.3, -0.25) is 4.79 Å². The molecule has 0 saturated carbocycles. The van der Waals surface area contributed by atoms with Gasteiger partial charge in [-0.1, -0.05) is 18.2 Å². The molecule has 1 amide bonds. The van der Waals surface area contributed by atoms with E-state index in [1.54, 1.807) is 7.11 Å². The van der Waals surface area contributed by atoms with Crippen LogP contribution in [0.5, 0.6) is 0 Å². The number of anilines is 2. The Morgan fingerprint density at radius 2 is 1.89 bits per heavy atom. The van der Waals surface area contributed by atoms with Crippen molar-refractivity contribution in [3.63, 3.8) is 0 Å². The highest BCUT2D eigenvalue weighted by Gasteiger charge is 2.18. The SMILES string of the molecule is COC1CCN(c2ccc(NC(=O)Cc3c[nH]c4ccccc34)cc2)CC1. The van der Waals surface area contributed by atoms with Crippen LogP contribution in [-0.4, -0.2) is 37.2 Å². The summed E-state index contributed by atoms with van der Waals surface area (Å²) in [7, 11) is 1.79. The molecule has 27 heavy (non-hydrogen) atoms. The summed E-state index contributed by atoms with van der Waals surface area (Å²) in [5, 5.41) is 4.10. The molecule has 1 aliphatic heterocycles. The van der Waals surface area contributed by atoms with E-state index in [4.69, 9.17) is 4.74 Å². The van der Waals surface area contributed by atoms with Crippen molar-refractivity contribution < 1.29 is 9.53 Å². The summed E-state index contributed by atoms with van der Waals surface area (Å²) >= 11 is 0. The van der Waals surface area contributed by atoms with Crippen LogP contribution in [0.4, 0.5) is 11.4 Å². The zero-order valence-electron chi connectivity index (χ0n) is 15.6. The number of piperidine rings is 1. The predicted octanol–water partition coefficient (Wildman–Crippen LogP) is 3.96. The van der Waals surface area contributed by atoms with Crippen molar-refractivity contribution >= 4 is 28.2 Å². The smallest absolute Gasteiger partial charge is 0.228 e. The number of aromatic nitrogens is 1. The van der Waals surface area contributed by atoms with Gasteiger partial charge in [0.2, 0.25) is 5.91 Å². The van der Waals surface area contributed by atoms with Crippen molar-refractivity contribution in [2.24, 2.45) is 0 Å². The molecule has 140 valence electrons. The number of methoxy groups -OCH3 is 1. The first-order chi connectivity index (χ1) is 13.2. The van der Waals surface area contributed by atoms with Gasteiger partial charge in [0.1, 0.15) is 0 Å². The minimum Gasteiger partial charge on any atom is -0.381 e. The standard InChI is InChI=1S/C22H25N3O2/c1-27-19-10-12-25(13-11-19)18-8-6-17(7-9-18)24-22(26)14-16-15-23-21-5-3-2-4-20(16)21/h2-9,15,19,23H,10-14H2,1H3,(H,24,26). The van der Waals surface area contributed by atoms with Crippen LogP contribution in [0.3, 0.4) is 0 Å². The normalized spacial score (nSPS) is 15.2. The summed E-state index contributed by atoms with van der Waals surface area (Å²) < 4.78 is 5.43. The number of para-hydroxylation sites is 1. The fourth-order valence-electron chi connectivity index (χ4n) is 3.76. The number of carbonyl (C=O) groups excluding carboxylic acids is 1. The fourth-order valence-corrected chi connectivity index (χ4v) is 3.76. The molecule has 5 nitrogen and oxygen atoms in total. The first-order valence-electron chi connectivity index (χ1n) is 9.45. The van der Waals surface area contributed by atoms with Gasteiger partial charge in [-0.25, -0.2) is 0 Å². The van der Waals surface area contributed by atoms with Crippen LogP contribution in [0.1, 0.15) is 18.4 Å². The van der Waals surface area contributed by atoms with Crippen LogP contribution in [-0.2, 0) is 16.0 Å². The number of ether oxygens (including phenoxy) is 1. The zero-order valence-corrected chi connectivity index (χ0v) is 15.6. The first kappa shape index (κ1) is 17.6. The summed E-state index contributed by atoms with van der Waals surface area (Å²) in [6.45, 7) is 2.01. The Balaban J connectivity index is 1.36. The van der Waals surface area contributed by atoms with E-state index in [9.17, 15) is 4.79 Å². The lowest BCUT2D eigenvalue weighted by Crippen LogP contribution is -2.36. The van der Waals surface area contributed by atoms with Crippen molar-refractivity contribution in [3.05, 3.63) is 60.3 Å². The van der Waals surface area contributed by atoms with E-state index < -0.39 is 0 Å². The molecule has 0 aliphatic carbocycles. The summed E-state index contributed by atoms with van der Waals surface area (Å²) in [5.41, 5.74) is 4.09. The van der Waals surface area contributed by atoms with Crippen molar-refractivity contribution in [3.8, 4) is 0 Å². The molecule has 0 spiro atoms. The molecule has 4 rings (SSSR count). The monoisotopic (exact) mass is 363 g/mol. The van der Waals surface area contributed by atoms with E-state index in [2.05, 4.69) is 27.3 Å². The second-order valence-electron chi connectivity index (χ2n) is 7.05. The van der Waals surface area contributed by atoms with E-state index in [0.717, 1.165) is 48.1 Å². The number of amides is 1. The number of benzene rings is 2. The molecule has 0 unspecified atom stereocenters. The number of H-pyrrole nitrogens is 1. The molecule has 0 bridgehead atoms. The molecule has 2 N–H and O–H groups in total. The number of nitrogens with zero attached hydrogens (tertiary/aromatic N) is 1. The van der Waals surface area contributed by atoms with Crippen LogP contribution in [0, 0.1) is 0 Å². The Labute approximate surface area is 159 Å². The van der Waals surface area contributed by atoms with Crippen molar-refractivity contribution in [2.45, 2.75) is 25.4 Å². The Bertz CT molecular complexity index is 909. The highest BCUT2D eigenvalue weighted by molar-refractivity contribution is 5.95. The number of fused-ring (bicyclic) bond motifs is 1. The molecule has 2 heterocycles. The molecule has 3 aromatic rings. The number of carbonyl (C=O) groups is 1. The summed E-state index contributed by atoms with van der Waals surface area (Å²) in [4.78, 5) is 18.0. The highest BCUT2D eigenvalue weighted by atomic mass is 16.5. The first-order valence-corrected chi connectivity index (χ1v) is 9.45. The Morgan fingerprint density at radius 3 is 2.63 bits per heavy atom. The number of hydrogen-bond acceptors (Lipinski definition) is 3.